The first kappa shape index (κ1) is 23.8. The number of esters is 1. The highest BCUT2D eigenvalue weighted by molar-refractivity contribution is 5.92. The van der Waals surface area contributed by atoms with Crippen LogP contribution in [-0.4, -0.2) is 5.97 Å². The van der Waals surface area contributed by atoms with Gasteiger partial charge in [0, 0.05) is 12.1 Å². The SMILES string of the molecule is C[C@@H](Cc1ccc(-c2ccc(C(=O)Oc3cc(F)c(C#N)c(F)c3)c(F)c2)cc1)c1ccccc1. The Kier molecular flexibility index (Phi) is 6.98. The molecule has 4 aromatic rings. The fourth-order valence-electron chi connectivity index (χ4n) is 3.82. The van der Waals surface area contributed by atoms with Crippen LogP contribution in [0.4, 0.5) is 13.2 Å². The molecule has 0 aromatic heterocycles. The lowest BCUT2D eigenvalue weighted by Crippen LogP contribution is -2.11. The van der Waals surface area contributed by atoms with Gasteiger partial charge in [-0.25, -0.2) is 18.0 Å². The molecule has 6 heteroatoms. The number of halogens is 3. The van der Waals surface area contributed by atoms with Gasteiger partial charge in [-0.3, -0.25) is 0 Å². The number of carbonyl (C=O) groups excluding carboxylic acids is 1. The van der Waals surface area contributed by atoms with Gasteiger partial charge in [0.05, 0.1) is 5.56 Å². The van der Waals surface area contributed by atoms with Gasteiger partial charge in [-0.15, -0.1) is 0 Å². The van der Waals surface area contributed by atoms with E-state index in [1.54, 1.807) is 6.07 Å². The van der Waals surface area contributed by atoms with Crippen LogP contribution in [0.1, 0.15) is 39.9 Å². The summed E-state index contributed by atoms with van der Waals surface area (Å²) in [5.41, 5.74) is 2.57. The van der Waals surface area contributed by atoms with Gasteiger partial charge in [0.2, 0.25) is 0 Å². The summed E-state index contributed by atoms with van der Waals surface area (Å²) in [7, 11) is 0. The van der Waals surface area contributed by atoms with Crippen molar-refractivity contribution in [2.75, 3.05) is 0 Å². The molecule has 0 aliphatic carbocycles. The number of nitrogens with zero attached hydrogens (tertiary/aromatic N) is 1. The highest BCUT2D eigenvalue weighted by Crippen LogP contribution is 2.26. The Labute approximate surface area is 201 Å². The predicted octanol–water partition coefficient (Wildman–Crippen LogP) is 7.21. The van der Waals surface area contributed by atoms with Crippen molar-refractivity contribution < 1.29 is 22.7 Å². The quantitative estimate of drug-likeness (QED) is 0.221. The molecule has 0 unspecified atom stereocenters. The van der Waals surface area contributed by atoms with Crippen LogP contribution in [0.5, 0.6) is 5.75 Å². The number of rotatable bonds is 6. The molecule has 0 spiro atoms. The van der Waals surface area contributed by atoms with Crippen molar-refractivity contribution >= 4 is 5.97 Å². The third-order valence-corrected chi connectivity index (χ3v) is 5.72. The average molecular weight is 471 g/mol. The minimum absolute atomic E-state index is 0.350. The van der Waals surface area contributed by atoms with E-state index in [2.05, 4.69) is 19.1 Å². The highest BCUT2D eigenvalue weighted by Gasteiger charge is 2.18. The van der Waals surface area contributed by atoms with Crippen LogP contribution in [0.3, 0.4) is 0 Å². The topological polar surface area (TPSA) is 50.1 Å². The van der Waals surface area contributed by atoms with E-state index in [9.17, 15) is 18.0 Å². The van der Waals surface area contributed by atoms with E-state index < -0.39 is 34.7 Å². The summed E-state index contributed by atoms with van der Waals surface area (Å²) in [6.45, 7) is 2.16. The third kappa shape index (κ3) is 5.42. The van der Waals surface area contributed by atoms with Crippen molar-refractivity contribution in [3.05, 3.63) is 125 Å². The Bertz CT molecular complexity index is 1390. The van der Waals surface area contributed by atoms with Crippen LogP contribution in [0, 0.1) is 28.8 Å². The van der Waals surface area contributed by atoms with Crippen LogP contribution in [0.2, 0.25) is 0 Å². The van der Waals surface area contributed by atoms with E-state index in [0.29, 0.717) is 23.6 Å². The summed E-state index contributed by atoms with van der Waals surface area (Å²) in [5, 5.41) is 8.72. The molecule has 1 atom stereocenters. The Morgan fingerprint density at radius 2 is 1.49 bits per heavy atom. The molecule has 4 rings (SSSR count). The second-order valence-corrected chi connectivity index (χ2v) is 8.17. The standard InChI is InChI=1S/C29H20F3NO2/c1-18(20-5-3-2-4-6-20)13-19-7-9-21(10-8-19)22-11-12-24(26(30)14-22)29(34)35-23-15-27(31)25(17-33)28(32)16-23/h2-12,14-16,18H,13H2,1H3/t18-/m0/s1. The normalized spacial score (nSPS) is 11.5. The predicted molar refractivity (Wildman–Crippen MR) is 126 cm³/mol. The number of nitriles is 1. The lowest BCUT2D eigenvalue weighted by atomic mass is 9.93. The second-order valence-electron chi connectivity index (χ2n) is 8.17. The Hall–Kier alpha value is -4.37. The van der Waals surface area contributed by atoms with Crippen LogP contribution >= 0.6 is 0 Å². The Balaban J connectivity index is 1.47. The molecular formula is C29H20F3NO2. The molecule has 174 valence electrons. The average Bonchev–Trinajstić information content (AvgIpc) is 2.84. The lowest BCUT2D eigenvalue weighted by molar-refractivity contribution is 0.0729. The smallest absolute Gasteiger partial charge is 0.346 e. The maximum Gasteiger partial charge on any atom is 0.346 e. The van der Waals surface area contributed by atoms with Gasteiger partial charge in [-0.2, -0.15) is 5.26 Å². The molecule has 0 heterocycles. The van der Waals surface area contributed by atoms with E-state index in [1.165, 1.54) is 23.8 Å². The molecule has 0 saturated heterocycles. The zero-order valence-electron chi connectivity index (χ0n) is 18.8. The summed E-state index contributed by atoms with van der Waals surface area (Å²) in [6.07, 6.45) is 0.861. The maximum absolute atomic E-state index is 14.7. The molecular weight excluding hydrogens is 451 g/mol. The molecule has 0 N–H and O–H groups in total. The van der Waals surface area contributed by atoms with Crippen molar-refractivity contribution in [2.24, 2.45) is 0 Å². The van der Waals surface area contributed by atoms with E-state index in [-0.39, 0.29) is 5.56 Å². The molecule has 0 saturated carbocycles. The molecule has 4 aromatic carbocycles. The summed E-state index contributed by atoms with van der Waals surface area (Å²) in [6, 6.07) is 24.8. The summed E-state index contributed by atoms with van der Waals surface area (Å²) < 4.78 is 47.1. The molecule has 0 amide bonds. The highest BCUT2D eigenvalue weighted by atomic mass is 19.1. The van der Waals surface area contributed by atoms with E-state index in [4.69, 9.17) is 10.00 Å². The van der Waals surface area contributed by atoms with Gasteiger partial charge in [-0.05, 0) is 46.7 Å². The van der Waals surface area contributed by atoms with E-state index in [1.807, 2.05) is 42.5 Å². The van der Waals surface area contributed by atoms with Crippen LogP contribution in [-0.2, 0) is 6.42 Å². The molecule has 0 aliphatic rings. The minimum Gasteiger partial charge on any atom is -0.423 e. The summed E-state index contributed by atoms with van der Waals surface area (Å²) in [4.78, 5) is 12.4. The molecule has 0 fully saturated rings. The Morgan fingerprint density at radius 3 is 2.09 bits per heavy atom. The molecule has 0 aliphatic heterocycles. The maximum atomic E-state index is 14.7. The summed E-state index contributed by atoms with van der Waals surface area (Å²) >= 11 is 0. The second kappa shape index (κ2) is 10.3. The molecule has 0 radical (unpaired) electrons. The number of hydrogen-bond donors (Lipinski definition) is 0. The van der Waals surface area contributed by atoms with Crippen LogP contribution < -0.4 is 4.74 Å². The van der Waals surface area contributed by atoms with Crippen LogP contribution in [0.15, 0.2) is 84.9 Å². The molecule has 0 bridgehead atoms. The van der Waals surface area contributed by atoms with Crippen molar-refractivity contribution in [3.63, 3.8) is 0 Å². The fraction of sp³-hybridized carbons (Fsp3) is 0.103. The summed E-state index contributed by atoms with van der Waals surface area (Å²) in [5.74, 6) is -4.40. The molecule has 35 heavy (non-hydrogen) atoms. The van der Waals surface area contributed by atoms with Crippen LogP contribution in [0.25, 0.3) is 11.1 Å². The largest absolute Gasteiger partial charge is 0.423 e. The zero-order chi connectivity index (χ0) is 24.9. The van der Waals surface area contributed by atoms with Crippen molar-refractivity contribution in [3.8, 4) is 22.9 Å². The lowest BCUT2D eigenvalue weighted by Gasteiger charge is -2.12. The van der Waals surface area contributed by atoms with Crippen molar-refractivity contribution in [1.29, 1.82) is 5.26 Å². The Morgan fingerprint density at radius 1 is 0.857 bits per heavy atom. The minimum atomic E-state index is -1.17. The number of ether oxygens (including phenoxy) is 1. The van der Waals surface area contributed by atoms with Gasteiger partial charge in [0.1, 0.15) is 34.8 Å². The number of carbonyl (C=O) groups is 1. The monoisotopic (exact) mass is 471 g/mol. The van der Waals surface area contributed by atoms with Crippen molar-refractivity contribution in [1.82, 2.24) is 0 Å². The van der Waals surface area contributed by atoms with Gasteiger partial charge in [-0.1, -0.05) is 67.6 Å². The first-order chi connectivity index (χ1) is 16.9. The van der Waals surface area contributed by atoms with Gasteiger partial charge < -0.3 is 4.74 Å². The first-order valence-electron chi connectivity index (χ1n) is 10.9. The fourth-order valence-corrected chi connectivity index (χ4v) is 3.82. The zero-order valence-corrected chi connectivity index (χ0v) is 18.8. The van der Waals surface area contributed by atoms with Crippen molar-refractivity contribution in [2.45, 2.75) is 19.3 Å². The van der Waals surface area contributed by atoms with Gasteiger partial charge >= 0.3 is 5.97 Å². The first-order valence-corrected chi connectivity index (χ1v) is 10.9. The van der Waals surface area contributed by atoms with Gasteiger partial charge in [0.15, 0.2) is 0 Å². The number of hydrogen-bond acceptors (Lipinski definition) is 3. The van der Waals surface area contributed by atoms with Gasteiger partial charge in [0.25, 0.3) is 0 Å². The third-order valence-electron chi connectivity index (χ3n) is 5.72. The molecule has 3 nitrogen and oxygen atoms in total. The number of benzene rings is 4. The van der Waals surface area contributed by atoms with E-state index >= 15 is 0 Å². The van der Waals surface area contributed by atoms with E-state index in [0.717, 1.165) is 17.5 Å².